The SMILES string of the molecule is Nc1cc2c(cc1NC1CCSCC1)NC(=O)C2. The van der Waals surface area contributed by atoms with Gasteiger partial charge in [0.05, 0.1) is 17.8 Å². The first-order chi connectivity index (χ1) is 8.72. The molecule has 2 aliphatic rings. The number of nitrogens with one attached hydrogen (secondary N) is 2. The summed E-state index contributed by atoms with van der Waals surface area (Å²) in [6.45, 7) is 0. The lowest BCUT2D eigenvalue weighted by Crippen LogP contribution is -2.25. The molecule has 3 rings (SSSR count). The fourth-order valence-corrected chi connectivity index (χ4v) is 3.59. The molecule has 1 aromatic carbocycles. The van der Waals surface area contributed by atoms with E-state index in [0.717, 1.165) is 22.6 Å². The van der Waals surface area contributed by atoms with Gasteiger partial charge in [-0.15, -0.1) is 0 Å². The molecule has 4 nitrogen and oxygen atoms in total. The first-order valence-corrected chi connectivity index (χ1v) is 7.44. The first-order valence-electron chi connectivity index (χ1n) is 6.29. The summed E-state index contributed by atoms with van der Waals surface area (Å²) in [4.78, 5) is 11.3. The zero-order valence-electron chi connectivity index (χ0n) is 10.2. The fourth-order valence-electron chi connectivity index (χ4n) is 2.48. The number of nitrogens with two attached hydrogens (primary N) is 1. The van der Waals surface area contributed by atoms with E-state index in [4.69, 9.17) is 5.73 Å². The van der Waals surface area contributed by atoms with E-state index in [1.165, 1.54) is 24.3 Å². The lowest BCUT2D eigenvalue weighted by Gasteiger charge is -2.24. The molecule has 1 amide bonds. The van der Waals surface area contributed by atoms with Crippen LogP contribution in [0.25, 0.3) is 0 Å². The topological polar surface area (TPSA) is 67.2 Å². The number of hydrogen-bond acceptors (Lipinski definition) is 4. The number of rotatable bonds is 2. The van der Waals surface area contributed by atoms with Crippen molar-refractivity contribution < 1.29 is 4.79 Å². The van der Waals surface area contributed by atoms with Gasteiger partial charge in [0.15, 0.2) is 0 Å². The summed E-state index contributed by atoms with van der Waals surface area (Å²) in [6, 6.07) is 4.38. The minimum Gasteiger partial charge on any atom is -0.397 e. The van der Waals surface area contributed by atoms with Crippen LogP contribution in [-0.2, 0) is 11.2 Å². The summed E-state index contributed by atoms with van der Waals surface area (Å²) < 4.78 is 0. The highest BCUT2D eigenvalue weighted by molar-refractivity contribution is 7.99. The Labute approximate surface area is 111 Å². The van der Waals surface area contributed by atoms with Gasteiger partial charge in [-0.2, -0.15) is 11.8 Å². The standard InChI is InChI=1S/C13H17N3OS/c14-10-5-8-6-13(17)16-11(8)7-12(10)15-9-1-3-18-4-2-9/h5,7,9,15H,1-4,6,14H2,(H,16,17). The largest absolute Gasteiger partial charge is 0.397 e. The molecule has 5 heteroatoms. The van der Waals surface area contributed by atoms with Gasteiger partial charge in [0.2, 0.25) is 5.91 Å². The van der Waals surface area contributed by atoms with Gasteiger partial charge in [-0.05, 0) is 42.0 Å². The van der Waals surface area contributed by atoms with Gasteiger partial charge in [0.1, 0.15) is 0 Å². The third kappa shape index (κ3) is 2.27. The number of amides is 1. The van der Waals surface area contributed by atoms with Crippen molar-refractivity contribution >= 4 is 34.7 Å². The van der Waals surface area contributed by atoms with Crippen LogP contribution in [0.15, 0.2) is 12.1 Å². The number of carbonyl (C=O) groups is 1. The summed E-state index contributed by atoms with van der Waals surface area (Å²) in [6.07, 6.45) is 2.79. The molecule has 0 atom stereocenters. The van der Waals surface area contributed by atoms with E-state index in [-0.39, 0.29) is 5.91 Å². The van der Waals surface area contributed by atoms with Crippen molar-refractivity contribution in [2.45, 2.75) is 25.3 Å². The summed E-state index contributed by atoms with van der Waals surface area (Å²) in [7, 11) is 0. The molecule has 18 heavy (non-hydrogen) atoms. The molecule has 0 unspecified atom stereocenters. The lowest BCUT2D eigenvalue weighted by atomic mass is 10.1. The molecule has 1 saturated heterocycles. The molecule has 1 fully saturated rings. The first kappa shape index (κ1) is 11.7. The quantitative estimate of drug-likeness (QED) is 0.715. The zero-order valence-corrected chi connectivity index (χ0v) is 11.0. The van der Waals surface area contributed by atoms with Crippen LogP contribution in [0.1, 0.15) is 18.4 Å². The van der Waals surface area contributed by atoms with Gasteiger partial charge in [0.25, 0.3) is 0 Å². The molecule has 0 bridgehead atoms. The number of hydrogen-bond donors (Lipinski definition) is 3. The molecule has 4 N–H and O–H groups in total. The Morgan fingerprint density at radius 2 is 2.11 bits per heavy atom. The maximum atomic E-state index is 11.3. The molecule has 2 aliphatic heterocycles. The summed E-state index contributed by atoms with van der Waals surface area (Å²) in [5, 5.41) is 6.37. The van der Waals surface area contributed by atoms with Crippen LogP contribution >= 0.6 is 11.8 Å². The van der Waals surface area contributed by atoms with Crippen LogP contribution in [-0.4, -0.2) is 23.5 Å². The third-order valence-electron chi connectivity index (χ3n) is 3.48. The van der Waals surface area contributed by atoms with Crippen molar-refractivity contribution in [2.24, 2.45) is 0 Å². The molecule has 96 valence electrons. The molecule has 1 aromatic rings. The van der Waals surface area contributed by atoms with Gasteiger partial charge in [-0.1, -0.05) is 0 Å². The molecule has 0 radical (unpaired) electrons. The van der Waals surface area contributed by atoms with Gasteiger partial charge < -0.3 is 16.4 Å². The Morgan fingerprint density at radius 3 is 2.89 bits per heavy atom. The van der Waals surface area contributed by atoms with Crippen molar-refractivity contribution in [3.63, 3.8) is 0 Å². The van der Waals surface area contributed by atoms with Crippen LogP contribution in [0, 0.1) is 0 Å². The van der Waals surface area contributed by atoms with Gasteiger partial charge in [-0.3, -0.25) is 4.79 Å². The molecule has 0 aliphatic carbocycles. The molecular weight excluding hydrogens is 246 g/mol. The van der Waals surface area contributed by atoms with Crippen LogP contribution in [0.4, 0.5) is 17.1 Å². The van der Waals surface area contributed by atoms with E-state index in [2.05, 4.69) is 10.6 Å². The van der Waals surface area contributed by atoms with E-state index < -0.39 is 0 Å². The number of fused-ring (bicyclic) bond motifs is 1. The number of anilines is 3. The van der Waals surface area contributed by atoms with Crippen LogP contribution in [0.5, 0.6) is 0 Å². The normalized spacial score (nSPS) is 19.4. The highest BCUT2D eigenvalue weighted by Gasteiger charge is 2.20. The van der Waals surface area contributed by atoms with Crippen molar-refractivity contribution in [1.82, 2.24) is 0 Å². The Morgan fingerprint density at radius 1 is 1.33 bits per heavy atom. The minimum atomic E-state index is 0.0515. The Bertz CT molecular complexity index is 483. The Kier molecular flexibility index (Phi) is 3.07. The second-order valence-electron chi connectivity index (χ2n) is 4.85. The van der Waals surface area contributed by atoms with E-state index in [1.807, 2.05) is 23.9 Å². The van der Waals surface area contributed by atoms with E-state index in [1.54, 1.807) is 0 Å². The highest BCUT2D eigenvalue weighted by Crippen LogP contribution is 2.33. The predicted molar refractivity (Wildman–Crippen MR) is 77.2 cm³/mol. The lowest BCUT2D eigenvalue weighted by molar-refractivity contribution is -0.115. The van der Waals surface area contributed by atoms with Crippen LogP contribution in [0.3, 0.4) is 0 Å². The number of carbonyl (C=O) groups excluding carboxylic acids is 1. The summed E-state index contributed by atoms with van der Waals surface area (Å²) >= 11 is 2.01. The summed E-state index contributed by atoms with van der Waals surface area (Å²) in [5.41, 5.74) is 9.65. The van der Waals surface area contributed by atoms with E-state index in [9.17, 15) is 4.79 Å². The molecule has 0 spiro atoms. The molecular formula is C13H17N3OS. The summed E-state index contributed by atoms with van der Waals surface area (Å²) in [5.74, 6) is 2.47. The highest BCUT2D eigenvalue weighted by atomic mass is 32.2. The second-order valence-corrected chi connectivity index (χ2v) is 6.08. The van der Waals surface area contributed by atoms with Crippen LogP contribution in [0.2, 0.25) is 0 Å². The smallest absolute Gasteiger partial charge is 0.228 e. The average molecular weight is 263 g/mol. The van der Waals surface area contributed by atoms with E-state index in [0.29, 0.717) is 12.5 Å². The van der Waals surface area contributed by atoms with E-state index >= 15 is 0 Å². The van der Waals surface area contributed by atoms with Crippen molar-refractivity contribution in [1.29, 1.82) is 0 Å². The minimum absolute atomic E-state index is 0.0515. The maximum absolute atomic E-state index is 11.3. The van der Waals surface area contributed by atoms with Crippen LogP contribution < -0.4 is 16.4 Å². The molecule has 0 aromatic heterocycles. The third-order valence-corrected chi connectivity index (χ3v) is 4.53. The molecule has 0 saturated carbocycles. The second kappa shape index (κ2) is 4.72. The molecule has 2 heterocycles. The Hall–Kier alpha value is -1.36. The fraction of sp³-hybridized carbons (Fsp3) is 0.462. The van der Waals surface area contributed by atoms with Gasteiger partial charge in [0, 0.05) is 11.7 Å². The number of nitrogen functional groups attached to an aromatic ring is 1. The van der Waals surface area contributed by atoms with Gasteiger partial charge >= 0.3 is 0 Å². The number of thioether (sulfide) groups is 1. The van der Waals surface area contributed by atoms with Crippen molar-refractivity contribution in [2.75, 3.05) is 27.9 Å². The zero-order chi connectivity index (χ0) is 12.5. The monoisotopic (exact) mass is 263 g/mol. The predicted octanol–water partition coefficient (Wildman–Crippen LogP) is 2.07. The van der Waals surface area contributed by atoms with Crippen molar-refractivity contribution in [3.8, 4) is 0 Å². The van der Waals surface area contributed by atoms with Gasteiger partial charge in [-0.25, -0.2) is 0 Å². The van der Waals surface area contributed by atoms with Crippen molar-refractivity contribution in [3.05, 3.63) is 17.7 Å². The maximum Gasteiger partial charge on any atom is 0.228 e. The Balaban J connectivity index is 1.80. The average Bonchev–Trinajstić information content (AvgIpc) is 2.70. The number of benzene rings is 1.